The monoisotopic (exact) mass is 538 g/mol. The Morgan fingerprint density at radius 2 is 1.72 bits per heavy atom. The van der Waals surface area contributed by atoms with Crippen molar-refractivity contribution in [1.29, 1.82) is 0 Å². The van der Waals surface area contributed by atoms with E-state index in [9.17, 15) is 14.4 Å². The number of carbonyl (C=O) groups is 2. The smallest absolute Gasteiger partial charge is 0.343 e. The van der Waals surface area contributed by atoms with Gasteiger partial charge in [0.2, 0.25) is 0 Å². The lowest BCUT2D eigenvalue weighted by atomic mass is 9.96. The van der Waals surface area contributed by atoms with Gasteiger partial charge in [0.1, 0.15) is 5.75 Å². The predicted octanol–water partition coefficient (Wildman–Crippen LogP) is 4.33. The Morgan fingerprint density at radius 3 is 2.41 bits per heavy atom. The zero-order chi connectivity index (χ0) is 27.5. The molecule has 3 aromatic carbocycles. The van der Waals surface area contributed by atoms with Crippen LogP contribution in [-0.4, -0.2) is 23.1 Å². The maximum absolute atomic E-state index is 13.7. The number of thiazole rings is 1. The largest absolute Gasteiger partial charge is 0.463 e. The van der Waals surface area contributed by atoms with E-state index in [1.54, 1.807) is 60.9 Å². The van der Waals surface area contributed by atoms with Gasteiger partial charge in [-0.05, 0) is 62.2 Å². The van der Waals surface area contributed by atoms with E-state index in [2.05, 4.69) is 4.99 Å². The van der Waals surface area contributed by atoms with Gasteiger partial charge in [0, 0.05) is 0 Å². The van der Waals surface area contributed by atoms with Gasteiger partial charge >= 0.3 is 11.9 Å². The van der Waals surface area contributed by atoms with Crippen LogP contribution in [0.5, 0.6) is 5.75 Å². The fraction of sp³-hybridized carbons (Fsp3) is 0.161. The summed E-state index contributed by atoms with van der Waals surface area (Å²) in [6.07, 6.45) is 1.77. The van der Waals surface area contributed by atoms with Crippen LogP contribution in [0.2, 0.25) is 0 Å². The molecule has 4 aromatic rings. The van der Waals surface area contributed by atoms with Crippen molar-refractivity contribution in [1.82, 2.24) is 4.57 Å². The van der Waals surface area contributed by atoms with Gasteiger partial charge in [0.25, 0.3) is 5.56 Å². The second kappa shape index (κ2) is 11.0. The second-order valence-corrected chi connectivity index (χ2v) is 10.1. The number of hydrogen-bond acceptors (Lipinski definition) is 7. The molecular weight excluding hydrogens is 512 g/mol. The molecule has 0 fully saturated rings. The molecule has 0 saturated carbocycles. The number of aromatic nitrogens is 1. The van der Waals surface area contributed by atoms with Gasteiger partial charge < -0.3 is 9.47 Å². The SMILES string of the molecule is CCOC(=O)C1=C(C)N=c2sc(=Cc3ccc(OC(=O)c4cccc(C)c4)cc3)c(=O)n2C1c1ccccc1. The van der Waals surface area contributed by atoms with Crippen LogP contribution in [0.4, 0.5) is 0 Å². The van der Waals surface area contributed by atoms with E-state index in [-0.39, 0.29) is 12.2 Å². The summed E-state index contributed by atoms with van der Waals surface area (Å²) in [6.45, 7) is 5.64. The van der Waals surface area contributed by atoms with Crippen LogP contribution < -0.4 is 19.6 Å². The lowest BCUT2D eigenvalue weighted by Crippen LogP contribution is -2.39. The quantitative estimate of drug-likeness (QED) is 0.270. The molecule has 1 atom stereocenters. The summed E-state index contributed by atoms with van der Waals surface area (Å²) in [5.74, 6) is -0.523. The Morgan fingerprint density at radius 1 is 0.974 bits per heavy atom. The molecule has 1 aromatic heterocycles. The Balaban J connectivity index is 1.49. The number of esters is 2. The number of hydrogen-bond donors (Lipinski definition) is 0. The van der Waals surface area contributed by atoms with Gasteiger partial charge in [0.15, 0.2) is 4.80 Å². The second-order valence-electron chi connectivity index (χ2n) is 9.04. The first-order chi connectivity index (χ1) is 18.9. The molecule has 0 spiro atoms. The molecule has 1 aliphatic rings. The number of benzene rings is 3. The highest BCUT2D eigenvalue weighted by Gasteiger charge is 2.33. The van der Waals surface area contributed by atoms with Gasteiger partial charge in [-0.2, -0.15) is 0 Å². The van der Waals surface area contributed by atoms with Gasteiger partial charge in [0.05, 0.1) is 34.0 Å². The zero-order valence-corrected chi connectivity index (χ0v) is 22.5. The van der Waals surface area contributed by atoms with E-state index >= 15 is 0 Å². The third-order valence-electron chi connectivity index (χ3n) is 6.27. The van der Waals surface area contributed by atoms with E-state index in [0.717, 1.165) is 16.7 Å². The summed E-state index contributed by atoms with van der Waals surface area (Å²) in [7, 11) is 0. The molecule has 39 heavy (non-hydrogen) atoms. The molecule has 5 rings (SSSR count). The highest BCUT2D eigenvalue weighted by Crippen LogP contribution is 2.30. The summed E-state index contributed by atoms with van der Waals surface area (Å²) in [5, 5.41) is 0. The number of allylic oxidation sites excluding steroid dienone is 1. The summed E-state index contributed by atoms with van der Waals surface area (Å²) in [5.41, 5.74) is 3.62. The Hall–Kier alpha value is -4.56. The van der Waals surface area contributed by atoms with Gasteiger partial charge in [-0.25, -0.2) is 14.6 Å². The Labute approximate surface area is 229 Å². The first-order valence-corrected chi connectivity index (χ1v) is 13.3. The first kappa shape index (κ1) is 26.1. The molecule has 1 aliphatic heterocycles. The van der Waals surface area contributed by atoms with E-state index in [1.807, 2.05) is 49.4 Å². The highest BCUT2D eigenvalue weighted by molar-refractivity contribution is 7.07. The van der Waals surface area contributed by atoms with Crippen molar-refractivity contribution in [3.05, 3.63) is 132 Å². The third kappa shape index (κ3) is 5.37. The Kier molecular flexibility index (Phi) is 7.38. The van der Waals surface area contributed by atoms with Crippen molar-refractivity contribution < 1.29 is 19.1 Å². The fourth-order valence-electron chi connectivity index (χ4n) is 4.46. The average molecular weight is 539 g/mol. The first-order valence-electron chi connectivity index (χ1n) is 12.5. The van der Waals surface area contributed by atoms with E-state index < -0.39 is 18.0 Å². The van der Waals surface area contributed by atoms with Gasteiger partial charge in [-0.1, -0.05) is 71.5 Å². The molecule has 0 N–H and O–H groups in total. The zero-order valence-electron chi connectivity index (χ0n) is 21.7. The van der Waals surface area contributed by atoms with E-state index in [0.29, 0.717) is 31.9 Å². The summed E-state index contributed by atoms with van der Waals surface area (Å²) in [6, 6.07) is 22.9. The van der Waals surface area contributed by atoms with E-state index in [1.165, 1.54) is 11.3 Å². The normalized spacial score (nSPS) is 14.9. The molecule has 0 bridgehead atoms. The van der Waals surface area contributed by atoms with Crippen LogP contribution in [0.3, 0.4) is 0 Å². The summed E-state index contributed by atoms with van der Waals surface area (Å²) < 4.78 is 12.8. The molecule has 0 aliphatic carbocycles. The average Bonchev–Trinajstić information content (AvgIpc) is 3.23. The molecule has 1 unspecified atom stereocenters. The number of fused-ring (bicyclic) bond motifs is 1. The summed E-state index contributed by atoms with van der Waals surface area (Å²) in [4.78, 5) is 44.2. The van der Waals surface area contributed by atoms with E-state index in [4.69, 9.17) is 9.47 Å². The van der Waals surface area contributed by atoms with Crippen molar-refractivity contribution in [2.75, 3.05) is 6.61 Å². The number of carbonyl (C=O) groups excluding carboxylic acids is 2. The van der Waals surface area contributed by atoms with Crippen LogP contribution in [0.1, 0.15) is 46.9 Å². The maximum atomic E-state index is 13.7. The minimum absolute atomic E-state index is 0.220. The maximum Gasteiger partial charge on any atom is 0.343 e. The standard InChI is InChI=1S/C31H26N2O5S/c1-4-37-30(36)26-20(3)32-31-33(27(26)22-10-6-5-7-11-22)28(34)25(39-31)18-21-13-15-24(16-14-21)38-29(35)23-12-8-9-19(2)17-23/h5-18,27H,4H2,1-3H3. The Bertz CT molecular complexity index is 1770. The molecular formula is C31H26N2O5S. The van der Waals surface area contributed by atoms with Crippen molar-refractivity contribution in [3.8, 4) is 5.75 Å². The fourth-order valence-corrected chi connectivity index (χ4v) is 5.51. The molecule has 0 radical (unpaired) electrons. The topological polar surface area (TPSA) is 87.0 Å². The molecule has 196 valence electrons. The van der Waals surface area contributed by atoms with Crippen LogP contribution in [-0.2, 0) is 9.53 Å². The molecule has 0 amide bonds. The highest BCUT2D eigenvalue weighted by atomic mass is 32.1. The van der Waals surface area contributed by atoms with Gasteiger partial charge in [-0.3, -0.25) is 9.36 Å². The van der Waals surface area contributed by atoms with Crippen LogP contribution in [0.15, 0.2) is 99.9 Å². The van der Waals surface area contributed by atoms with Crippen molar-refractivity contribution >= 4 is 29.4 Å². The minimum Gasteiger partial charge on any atom is -0.463 e. The molecule has 0 saturated heterocycles. The number of aryl methyl sites for hydroxylation is 1. The molecule has 7 nitrogen and oxygen atoms in total. The van der Waals surface area contributed by atoms with Crippen LogP contribution >= 0.6 is 11.3 Å². The molecule has 8 heteroatoms. The van der Waals surface area contributed by atoms with Crippen LogP contribution in [0, 0.1) is 6.92 Å². The number of nitrogens with zero attached hydrogens (tertiary/aromatic N) is 2. The number of ether oxygens (including phenoxy) is 2. The van der Waals surface area contributed by atoms with Crippen LogP contribution in [0.25, 0.3) is 6.08 Å². The van der Waals surface area contributed by atoms with Gasteiger partial charge in [-0.15, -0.1) is 0 Å². The summed E-state index contributed by atoms with van der Waals surface area (Å²) >= 11 is 1.26. The lowest BCUT2D eigenvalue weighted by Gasteiger charge is -2.24. The molecule has 2 heterocycles. The third-order valence-corrected chi connectivity index (χ3v) is 7.26. The lowest BCUT2D eigenvalue weighted by molar-refractivity contribution is -0.139. The minimum atomic E-state index is -0.646. The van der Waals surface area contributed by atoms with Crippen molar-refractivity contribution in [2.45, 2.75) is 26.8 Å². The number of rotatable bonds is 6. The van der Waals surface area contributed by atoms with Crippen molar-refractivity contribution in [2.24, 2.45) is 4.99 Å². The van der Waals surface area contributed by atoms with Crippen molar-refractivity contribution in [3.63, 3.8) is 0 Å². The predicted molar refractivity (Wildman–Crippen MR) is 149 cm³/mol.